The van der Waals surface area contributed by atoms with Crippen LogP contribution in [0.25, 0.3) is 0 Å². The Hall–Kier alpha value is -3.68. The minimum atomic E-state index is -0.332. The number of hydrogen-bond acceptors (Lipinski definition) is 6. The fraction of sp³-hybridized carbons (Fsp3) is 0.385. The van der Waals surface area contributed by atoms with Gasteiger partial charge in [0.2, 0.25) is 12.1 Å². The molecule has 1 aliphatic carbocycles. The van der Waals surface area contributed by atoms with Gasteiger partial charge < -0.3 is 19.8 Å². The van der Waals surface area contributed by atoms with Crippen molar-refractivity contribution in [2.75, 3.05) is 12.8 Å². The third-order valence-electron chi connectivity index (χ3n) is 6.63. The average Bonchev–Trinajstić information content (AvgIpc) is 3.32. The number of ether oxygens (including phenoxy) is 2. The molecule has 0 amide bonds. The standard InChI is InChI=1S/C26H29N5O3/c1-26(2)13-19(32)22-20(14-26)34-25-23(21(22)17-5-7-18(33-3)8-6-17)24(27)31(16-29-25)11-4-10-30-12-9-28-15-30/h5-9,12,15-16,21,27H,4,10-11,13-14H2,1-3H3/p+1/t21-/m0/s1. The topological polar surface area (TPSA) is 96.1 Å². The number of fused-ring (bicyclic) bond motifs is 1. The van der Waals surface area contributed by atoms with Gasteiger partial charge >= 0.3 is 5.88 Å². The molecule has 0 unspecified atom stereocenters. The minimum absolute atomic E-state index is 0.104. The first-order valence-electron chi connectivity index (χ1n) is 11.6. The Labute approximate surface area is 199 Å². The summed E-state index contributed by atoms with van der Waals surface area (Å²) in [6, 6.07) is 7.81. The molecule has 5 rings (SSSR count). The Kier molecular flexibility index (Phi) is 5.59. The number of nitrogens with two attached hydrogens (primary N) is 1. The van der Waals surface area contributed by atoms with Crippen molar-refractivity contribution in [1.82, 2.24) is 14.5 Å². The van der Waals surface area contributed by atoms with Crippen molar-refractivity contribution in [3.05, 3.63) is 71.8 Å². The van der Waals surface area contributed by atoms with Gasteiger partial charge in [0.25, 0.3) is 0 Å². The van der Waals surface area contributed by atoms with Crippen molar-refractivity contribution < 1.29 is 18.8 Å². The molecule has 34 heavy (non-hydrogen) atoms. The van der Waals surface area contributed by atoms with E-state index in [1.165, 1.54) is 0 Å². The van der Waals surface area contributed by atoms with Gasteiger partial charge in [0, 0.05) is 37.4 Å². The van der Waals surface area contributed by atoms with E-state index < -0.39 is 0 Å². The van der Waals surface area contributed by atoms with Gasteiger partial charge in [-0.05, 0) is 29.5 Å². The molecule has 0 fully saturated rings. The van der Waals surface area contributed by atoms with Gasteiger partial charge in [-0.1, -0.05) is 31.0 Å². The lowest BCUT2D eigenvalue weighted by Gasteiger charge is -2.37. The molecule has 8 heteroatoms. The number of nitrogen functional groups attached to an aromatic ring is 1. The summed E-state index contributed by atoms with van der Waals surface area (Å²) in [7, 11) is 1.64. The number of aromatic nitrogens is 4. The molecule has 0 saturated heterocycles. The number of aryl methyl sites for hydroxylation is 2. The Balaban J connectivity index is 1.56. The molecule has 3 aromatic rings. The largest absolute Gasteiger partial charge is 0.497 e. The molecule has 2 aromatic heterocycles. The van der Waals surface area contributed by atoms with Crippen molar-refractivity contribution in [1.29, 1.82) is 0 Å². The second-order valence-electron chi connectivity index (χ2n) is 9.78. The number of Topliss-reactive ketones (excluding diaryl/α,β-unsaturated/α-hetero) is 1. The molecule has 0 spiro atoms. The number of ketones is 1. The quantitative estimate of drug-likeness (QED) is 0.567. The summed E-state index contributed by atoms with van der Waals surface area (Å²) in [6.07, 6.45) is 9.26. The zero-order valence-corrected chi connectivity index (χ0v) is 19.8. The second kappa shape index (κ2) is 8.59. The summed E-state index contributed by atoms with van der Waals surface area (Å²) in [6.45, 7) is 5.70. The van der Waals surface area contributed by atoms with Crippen LogP contribution in [0.3, 0.4) is 0 Å². The number of allylic oxidation sites excluding steroid dienone is 2. The first kappa shape index (κ1) is 22.1. The third-order valence-corrected chi connectivity index (χ3v) is 6.63. The van der Waals surface area contributed by atoms with Crippen LogP contribution in [0.4, 0.5) is 5.82 Å². The van der Waals surface area contributed by atoms with E-state index >= 15 is 0 Å². The fourth-order valence-electron chi connectivity index (χ4n) is 4.97. The molecule has 1 aliphatic heterocycles. The van der Waals surface area contributed by atoms with Crippen LogP contribution in [-0.4, -0.2) is 27.4 Å². The normalized spacial score (nSPS) is 18.8. The number of carbonyl (C=O) groups excluding carboxylic acids is 1. The van der Waals surface area contributed by atoms with E-state index in [1.54, 1.807) is 26.0 Å². The van der Waals surface area contributed by atoms with Crippen LogP contribution in [0.2, 0.25) is 0 Å². The number of carbonyl (C=O) groups is 1. The Morgan fingerprint density at radius 1 is 1.26 bits per heavy atom. The van der Waals surface area contributed by atoms with Gasteiger partial charge in [-0.15, -0.1) is 0 Å². The molecule has 0 saturated carbocycles. The van der Waals surface area contributed by atoms with Gasteiger partial charge in [0.05, 0.1) is 25.9 Å². The molecule has 2 N–H and O–H groups in total. The number of anilines is 1. The summed E-state index contributed by atoms with van der Waals surface area (Å²) < 4.78 is 15.6. The monoisotopic (exact) mass is 460 g/mol. The summed E-state index contributed by atoms with van der Waals surface area (Å²) in [5.41, 5.74) is 8.99. The first-order valence-corrected chi connectivity index (χ1v) is 11.6. The van der Waals surface area contributed by atoms with E-state index in [-0.39, 0.29) is 17.1 Å². The molecule has 176 valence electrons. The second-order valence-corrected chi connectivity index (χ2v) is 9.78. The summed E-state index contributed by atoms with van der Waals surface area (Å²) in [5, 5.41) is 0. The maximum absolute atomic E-state index is 13.4. The minimum Gasteiger partial charge on any atom is -0.497 e. The lowest BCUT2D eigenvalue weighted by atomic mass is 9.70. The Bertz CT molecular complexity index is 1250. The smallest absolute Gasteiger partial charge is 0.305 e. The molecule has 1 atom stereocenters. The Morgan fingerprint density at radius 3 is 2.76 bits per heavy atom. The number of imidazole rings is 1. The molecule has 8 nitrogen and oxygen atoms in total. The number of rotatable bonds is 6. The summed E-state index contributed by atoms with van der Waals surface area (Å²) in [5.74, 6) is 2.29. The van der Waals surface area contributed by atoms with Crippen LogP contribution in [0.1, 0.15) is 50.2 Å². The van der Waals surface area contributed by atoms with Gasteiger partial charge in [0.15, 0.2) is 5.78 Å². The molecular weight excluding hydrogens is 430 g/mol. The van der Waals surface area contributed by atoms with E-state index in [0.29, 0.717) is 42.4 Å². The fourth-order valence-corrected chi connectivity index (χ4v) is 4.97. The molecular formula is C26H30N5O3+. The molecule has 3 heterocycles. The number of benzene rings is 1. The van der Waals surface area contributed by atoms with Crippen molar-refractivity contribution in [2.24, 2.45) is 5.41 Å². The van der Waals surface area contributed by atoms with Crippen LogP contribution in [0.5, 0.6) is 11.6 Å². The first-order chi connectivity index (χ1) is 16.4. The maximum Gasteiger partial charge on any atom is 0.305 e. The van der Waals surface area contributed by atoms with Gasteiger partial charge in [-0.3, -0.25) is 4.79 Å². The van der Waals surface area contributed by atoms with E-state index in [9.17, 15) is 4.79 Å². The van der Waals surface area contributed by atoms with Crippen LogP contribution in [0, 0.1) is 5.41 Å². The van der Waals surface area contributed by atoms with E-state index in [1.807, 2.05) is 39.6 Å². The molecule has 0 radical (unpaired) electrons. The van der Waals surface area contributed by atoms with Crippen molar-refractivity contribution in [3.8, 4) is 11.6 Å². The van der Waals surface area contributed by atoms with Crippen molar-refractivity contribution in [3.63, 3.8) is 0 Å². The van der Waals surface area contributed by atoms with E-state index in [4.69, 9.17) is 15.2 Å². The number of methoxy groups -OCH3 is 1. The lowest BCUT2D eigenvalue weighted by Crippen LogP contribution is -2.41. The van der Waals surface area contributed by atoms with Gasteiger partial charge in [-0.25, -0.2) is 9.55 Å². The maximum atomic E-state index is 13.4. The highest BCUT2D eigenvalue weighted by molar-refractivity contribution is 6.00. The Morgan fingerprint density at radius 2 is 2.06 bits per heavy atom. The zero-order chi connectivity index (χ0) is 23.9. The third kappa shape index (κ3) is 4.04. The molecule has 1 aromatic carbocycles. The van der Waals surface area contributed by atoms with Crippen LogP contribution in [0.15, 0.2) is 60.6 Å². The highest BCUT2D eigenvalue weighted by Crippen LogP contribution is 2.50. The molecule has 2 aliphatic rings. The predicted molar refractivity (Wildman–Crippen MR) is 126 cm³/mol. The predicted octanol–water partition coefficient (Wildman–Crippen LogP) is 3.41. The molecule has 0 bridgehead atoms. The zero-order valence-electron chi connectivity index (χ0n) is 19.8. The highest BCUT2D eigenvalue weighted by atomic mass is 16.5. The number of nitrogens with zero attached hydrogens (tertiary/aromatic N) is 4. The van der Waals surface area contributed by atoms with E-state index in [2.05, 4.69) is 23.8 Å². The van der Waals surface area contributed by atoms with Crippen LogP contribution < -0.4 is 19.8 Å². The lowest BCUT2D eigenvalue weighted by molar-refractivity contribution is -0.686. The van der Waals surface area contributed by atoms with Crippen LogP contribution >= 0.6 is 0 Å². The average molecular weight is 461 g/mol. The van der Waals surface area contributed by atoms with Crippen molar-refractivity contribution >= 4 is 11.6 Å². The van der Waals surface area contributed by atoms with Crippen LogP contribution in [-0.2, 0) is 17.9 Å². The summed E-state index contributed by atoms with van der Waals surface area (Å²) >= 11 is 0. The summed E-state index contributed by atoms with van der Waals surface area (Å²) in [4.78, 5) is 22.2. The van der Waals surface area contributed by atoms with Gasteiger partial charge in [0.1, 0.15) is 17.1 Å². The highest BCUT2D eigenvalue weighted by Gasteiger charge is 2.45. The van der Waals surface area contributed by atoms with Gasteiger partial charge in [-0.2, -0.15) is 0 Å². The number of hydrogen-bond donors (Lipinski definition) is 1. The van der Waals surface area contributed by atoms with E-state index in [0.717, 1.165) is 29.8 Å². The SMILES string of the molecule is COc1ccc([C@H]2C3=C(CC(C)(C)CC3=O)Oc3nc[n+](CCCn4ccnc4)c(N)c32)cc1. The van der Waals surface area contributed by atoms with Crippen molar-refractivity contribution in [2.45, 2.75) is 52.1 Å².